The van der Waals surface area contributed by atoms with Crippen molar-refractivity contribution in [2.24, 2.45) is 0 Å². The van der Waals surface area contributed by atoms with Crippen molar-refractivity contribution in [3.8, 4) is 5.75 Å². The van der Waals surface area contributed by atoms with Gasteiger partial charge in [-0.15, -0.1) is 0 Å². The van der Waals surface area contributed by atoms with E-state index in [0.717, 1.165) is 17.8 Å². The summed E-state index contributed by atoms with van der Waals surface area (Å²) in [7, 11) is 1.71. The van der Waals surface area contributed by atoms with Gasteiger partial charge in [-0.2, -0.15) is 0 Å². The lowest BCUT2D eigenvalue weighted by Gasteiger charge is -2.25. The Balaban J connectivity index is 1.92. The van der Waals surface area contributed by atoms with E-state index in [4.69, 9.17) is 9.72 Å². The number of ether oxygens (including phenoxy) is 1. The minimum atomic E-state index is 0.0227. The fourth-order valence-electron chi connectivity index (χ4n) is 3.38. The van der Waals surface area contributed by atoms with Gasteiger partial charge in [-0.1, -0.05) is 0 Å². The third-order valence-electron chi connectivity index (χ3n) is 4.67. The van der Waals surface area contributed by atoms with Crippen LogP contribution in [0.1, 0.15) is 44.5 Å². The number of nitrogens with zero attached hydrogens (tertiary/aromatic N) is 2. The summed E-state index contributed by atoms with van der Waals surface area (Å²) in [6.07, 6.45) is 4.95. The highest BCUT2D eigenvalue weighted by atomic mass is 16.5. The molecule has 1 N–H and O–H groups in total. The fourth-order valence-corrected chi connectivity index (χ4v) is 3.38. The molecule has 1 aliphatic carbocycles. The molecule has 2 aliphatic rings. The van der Waals surface area contributed by atoms with Crippen molar-refractivity contribution in [1.29, 1.82) is 0 Å². The lowest BCUT2D eigenvalue weighted by atomic mass is 9.99. The first kappa shape index (κ1) is 12.2. The zero-order valence-electron chi connectivity index (χ0n) is 12.1. The van der Waals surface area contributed by atoms with Gasteiger partial charge in [-0.3, -0.25) is 0 Å². The first-order chi connectivity index (χ1) is 9.71. The number of rotatable bonds is 3. The van der Waals surface area contributed by atoms with Gasteiger partial charge in [-0.25, -0.2) is 4.98 Å². The quantitative estimate of drug-likeness (QED) is 0.932. The van der Waals surface area contributed by atoms with Crippen molar-refractivity contribution >= 4 is 11.0 Å². The summed E-state index contributed by atoms with van der Waals surface area (Å²) in [6.45, 7) is 3.38. The summed E-state index contributed by atoms with van der Waals surface area (Å²) in [5.74, 6) is 2.09. The summed E-state index contributed by atoms with van der Waals surface area (Å²) in [4.78, 5) is 4.96. The van der Waals surface area contributed by atoms with Crippen LogP contribution in [0.2, 0.25) is 0 Å². The van der Waals surface area contributed by atoms with Crippen LogP contribution in [0.15, 0.2) is 18.2 Å². The topological polar surface area (TPSA) is 39.1 Å². The molecule has 20 heavy (non-hydrogen) atoms. The van der Waals surface area contributed by atoms with Crippen LogP contribution in [0.4, 0.5) is 0 Å². The molecule has 1 atom stereocenters. The van der Waals surface area contributed by atoms with Crippen LogP contribution in [-0.2, 0) is 5.54 Å². The average molecular weight is 271 g/mol. The van der Waals surface area contributed by atoms with Crippen molar-refractivity contribution in [1.82, 2.24) is 14.9 Å². The number of hydrogen-bond donors (Lipinski definition) is 1. The normalized spacial score (nSPS) is 26.3. The van der Waals surface area contributed by atoms with E-state index in [2.05, 4.69) is 28.9 Å². The molecular weight excluding hydrogens is 250 g/mol. The number of fused-ring (bicyclic) bond motifs is 1. The molecule has 4 nitrogen and oxygen atoms in total. The van der Waals surface area contributed by atoms with Crippen molar-refractivity contribution < 1.29 is 4.74 Å². The maximum atomic E-state index is 5.33. The van der Waals surface area contributed by atoms with Crippen LogP contribution in [-0.4, -0.2) is 23.2 Å². The molecule has 1 aliphatic heterocycles. The SMILES string of the molecule is COc1ccc2c(c1)nc(C1(C)CCCN1)n2C1CC1. The van der Waals surface area contributed by atoms with E-state index in [1.54, 1.807) is 7.11 Å². The fraction of sp³-hybridized carbons (Fsp3) is 0.562. The Kier molecular flexibility index (Phi) is 2.58. The van der Waals surface area contributed by atoms with Gasteiger partial charge in [0.15, 0.2) is 0 Å². The highest BCUT2D eigenvalue weighted by molar-refractivity contribution is 5.78. The average Bonchev–Trinajstić information content (AvgIpc) is 3.08. The molecule has 0 amide bonds. The van der Waals surface area contributed by atoms with Gasteiger partial charge in [0, 0.05) is 12.1 Å². The highest BCUT2D eigenvalue weighted by Gasteiger charge is 2.38. The smallest absolute Gasteiger partial charge is 0.130 e. The van der Waals surface area contributed by atoms with Gasteiger partial charge < -0.3 is 14.6 Å². The van der Waals surface area contributed by atoms with Gasteiger partial charge >= 0.3 is 0 Å². The largest absolute Gasteiger partial charge is 0.497 e. The molecule has 2 aromatic rings. The Labute approximate surface area is 119 Å². The molecule has 1 saturated carbocycles. The first-order valence-corrected chi connectivity index (χ1v) is 7.53. The second kappa shape index (κ2) is 4.22. The molecule has 1 aromatic carbocycles. The highest BCUT2D eigenvalue weighted by Crippen LogP contribution is 2.43. The Morgan fingerprint density at radius 2 is 2.25 bits per heavy atom. The van der Waals surface area contributed by atoms with Crippen LogP contribution in [0.5, 0.6) is 5.75 Å². The van der Waals surface area contributed by atoms with Crippen molar-refractivity contribution in [2.45, 2.75) is 44.2 Å². The molecule has 0 radical (unpaired) electrons. The predicted molar refractivity (Wildman–Crippen MR) is 79.1 cm³/mol. The molecule has 1 unspecified atom stereocenters. The molecule has 4 rings (SSSR count). The molecule has 2 heterocycles. The van der Waals surface area contributed by atoms with E-state index in [0.29, 0.717) is 6.04 Å². The molecule has 0 bridgehead atoms. The summed E-state index contributed by atoms with van der Waals surface area (Å²) < 4.78 is 7.80. The Hall–Kier alpha value is -1.55. The standard InChI is InChI=1S/C16H21N3O/c1-16(8-3-9-17-16)15-18-13-10-12(20-2)6-7-14(13)19(15)11-4-5-11/h6-7,10-11,17H,3-5,8-9H2,1-2H3. The monoisotopic (exact) mass is 271 g/mol. The summed E-state index contributed by atoms with van der Waals surface area (Å²) in [5, 5.41) is 3.65. The first-order valence-electron chi connectivity index (χ1n) is 7.53. The zero-order chi connectivity index (χ0) is 13.7. The van der Waals surface area contributed by atoms with Gasteiger partial charge in [-0.05, 0) is 51.3 Å². The van der Waals surface area contributed by atoms with Crippen LogP contribution >= 0.6 is 0 Å². The summed E-state index contributed by atoms with van der Waals surface area (Å²) >= 11 is 0. The number of hydrogen-bond acceptors (Lipinski definition) is 3. The van der Waals surface area contributed by atoms with E-state index in [1.165, 1.54) is 37.0 Å². The van der Waals surface area contributed by atoms with Crippen LogP contribution < -0.4 is 10.1 Å². The number of aromatic nitrogens is 2. The third kappa shape index (κ3) is 1.74. The minimum absolute atomic E-state index is 0.0227. The van der Waals surface area contributed by atoms with Crippen molar-refractivity contribution in [3.63, 3.8) is 0 Å². The molecule has 4 heteroatoms. The van der Waals surface area contributed by atoms with E-state index in [1.807, 2.05) is 6.07 Å². The number of imidazole rings is 1. The van der Waals surface area contributed by atoms with E-state index < -0.39 is 0 Å². The van der Waals surface area contributed by atoms with E-state index >= 15 is 0 Å². The van der Waals surface area contributed by atoms with Gasteiger partial charge in [0.1, 0.15) is 11.6 Å². The number of methoxy groups -OCH3 is 1. The lowest BCUT2D eigenvalue weighted by Crippen LogP contribution is -2.36. The second-order valence-corrected chi connectivity index (χ2v) is 6.25. The van der Waals surface area contributed by atoms with Crippen LogP contribution in [0.25, 0.3) is 11.0 Å². The lowest BCUT2D eigenvalue weighted by molar-refractivity contribution is 0.389. The Morgan fingerprint density at radius 3 is 2.90 bits per heavy atom. The summed E-state index contributed by atoms with van der Waals surface area (Å²) in [5.41, 5.74) is 2.33. The molecular formula is C16H21N3O. The third-order valence-corrected chi connectivity index (χ3v) is 4.67. The van der Waals surface area contributed by atoms with Gasteiger partial charge in [0.2, 0.25) is 0 Å². The maximum Gasteiger partial charge on any atom is 0.130 e. The molecule has 106 valence electrons. The van der Waals surface area contributed by atoms with E-state index in [9.17, 15) is 0 Å². The Bertz CT molecular complexity index is 651. The molecule has 1 aromatic heterocycles. The van der Waals surface area contributed by atoms with Crippen molar-refractivity contribution in [2.75, 3.05) is 13.7 Å². The minimum Gasteiger partial charge on any atom is -0.497 e. The number of nitrogens with one attached hydrogen (secondary N) is 1. The van der Waals surface area contributed by atoms with Crippen LogP contribution in [0.3, 0.4) is 0 Å². The van der Waals surface area contributed by atoms with Gasteiger partial charge in [0.25, 0.3) is 0 Å². The Morgan fingerprint density at radius 1 is 1.40 bits per heavy atom. The van der Waals surface area contributed by atoms with E-state index in [-0.39, 0.29) is 5.54 Å². The molecule has 0 spiro atoms. The number of benzene rings is 1. The second-order valence-electron chi connectivity index (χ2n) is 6.25. The van der Waals surface area contributed by atoms with Crippen molar-refractivity contribution in [3.05, 3.63) is 24.0 Å². The molecule has 1 saturated heterocycles. The summed E-state index contributed by atoms with van der Waals surface area (Å²) in [6, 6.07) is 6.89. The predicted octanol–water partition coefficient (Wildman–Crippen LogP) is 2.98. The zero-order valence-corrected chi connectivity index (χ0v) is 12.1. The molecule has 2 fully saturated rings. The van der Waals surface area contributed by atoms with Gasteiger partial charge in [0.05, 0.1) is 23.7 Å². The maximum absolute atomic E-state index is 5.33. The van der Waals surface area contributed by atoms with Crippen LogP contribution in [0, 0.1) is 0 Å².